The summed E-state index contributed by atoms with van der Waals surface area (Å²) in [6.07, 6.45) is 26.8. The van der Waals surface area contributed by atoms with Gasteiger partial charge < -0.3 is 40.3 Å². The largest absolute Gasteiger partial charge is 0.394 e. The molecule has 1 aliphatic rings. The molecule has 9 nitrogen and oxygen atoms in total. The van der Waals surface area contributed by atoms with Crippen LogP contribution in [0.15, 0.2) is 12.2 Å². The number of carbonyl (C=O) groups excluding carboxylic acids is 1. The van der Waals surface area contributed by atoms with Crippen LogP contribution >= 0.6 is 0 Å². The number of ether oxygens (including phenoxy) is 2. The van der Waals surface area contributed by atoms with Crippen molar-refractivity contribution in [3.63, 3.8) is 0 Å². The van der Waals surface area contributed by atoms with E-state index >= 15 is 0 Å². The Labute approximate surface area is 299 Å². The summed E-state index contributed by atoms with van der Waals surface area (Å²) in [5, 5.41) is 53.9. The zero-order valence-electron chi connectivity index (χ0n) is 31.5. The molecular formula is C40H77NO8. The molecule has 1 fully saturated rings. The van der Waals surface area contributed by atoms with Gasteiger partial charge in [-0.1, -0.05) is 167 Å². The molecule has 0 aliphatic carbocycles. The van der Waals surface area contributed by atoms with Gasteiger partial charge in [-0.2, -0.15) is 0 Å². The fourth-order valence-corrected chi connectivity index (χ4v) is 6.51. The fraction of sp³-hybridized carbons (Fsp3) is 0.925. The van der Waals surface area contributed by atoms with Gasteiger partial charge in [0.15, 0.2) is 6.29 Å². The van der Waals surface area contributed by atoms with Gasteiger partial charge in [-0.25, -0.2) is 0 Å². The molecule has 1 amide bonds. The summed E-state index contributed by atoms with van der Waals surface area (Å²) in [5.41, 5.74) is 0. The number of amides is 1. The van der Waals surface area contributed by atoms with Crippen LogP contribution in [0.2, 0.25) is 0 Å². The summed E-state index contributed by atoms with van der Waals surface area (Å²) in [7, 11) is 0. The molecule has 0 aromatic heterocycles. The number of aliphatic hydroxyl groups is 5. The minimum Gasteiger partial charge on any atom is -0.394 e. The Morgan fingerprint density at radius 2 is 1.12 bits per heavy atom. The maximum absolute atomic E-state index is 12.9. The molecule has 1 rings (SSSR count). The molecule has 1 heterocycles. The van der Waals surface area contributed by atoms with Crippen LogP contribution in [0.1, 0.15) is 181 Å². The zero-order valence-corrected chi connectivity index (χ0v) is 31.5. The number of rotatable bonds is 33. The van der Waals surface area contributed by atoms with Crippen molar-refractivity contribution in [3.05, 3.63) is 12.2 Å². The third-order valence-electron chi connectivity index (χ3n) is 9.86. The monoisotopic (exact) mass is 700 g/mol. The van der Waals surface area contributed by atoms with Crippen LogP contribution in [0, 0.1) is 0 Å². The van der Waals surface area contributed by atoms with Crippen LogP contribution in [0.25, 0.3) is 0 Å². The third kappa shape index (κ3) is 23.2. The molecule has 9 heteroatoms. The first-order valence-corrected chi connectivity index (χ1v) is 20.4. The van der Waals surface area contributed by atoms with Crippen LogP contribution < -0.4 is 5.32 Å². The van der Waals surface area contributed by atoms with Gasteiger partial charge in [0.1, 0.15) is 24.4 Å². The summed E-state index contributed by atoms with van der Waals surface area (Å²) in [6.45, 7) is 3.75. The average Bonchev–Trinajstić information content (AvgIpc) is 3.10. The predicted octanol–water partition coefficient (Wildman–Crippen LogP) is 7.39. The number of hydrogen-bond donors (Lipinski definition) is 6. The molecule has 290 valence electrons. The molecule has 7 atom stereocenters. The van der Waals surface area contributed by atoms with E-state index in [0.29, 0.717) is 6.42 Å². The maximum atomic E-state index is 12.9. The first-order chi connectivity index (χ1) is 23.8. The highest BCUT2D eigenvalue weighted by atomic mass is 16.7. The second-order valence-corrected chi connectivity index (χ2v) is 14.4. The summed E-state index contributed by atoms with van der Waals surface area (Å²) in [6, 6.07) is -0.796. The Hall–Kier alpha value is -1.07. The molecule has 0 aromatic rings. The number of allylic oxidation sites excluding steroid dienone is 1. The van der Waals surface area contributed by atoms with E-state index in [1.807, 2.05) is 6.08 Å². The molecule has 0 saturated carbocycles. The second kappa shape index (κ2) is 31.6. The number of nitrogens with one attached hydrogen (secondary N) is 1. The molecule has 0 bridgehead atoms. The van der Waals surface area contributed by atoms with E-state index in [0.717, 1.165) is 38.5 Å². The molecule has 1 saturated heterocycles. The van der Waals surface area contributed by atoms with Crippen molar-refractivity contribution in [3.8, 4) is 0 Å². The quantitative estimate of drug-likeness (QED) is 0.0307. The van der Waals surface area contributed by atoms with E-state index in [4.69, 9.17) is 9.47 Å². The van der Waals surface area contributed by atoms with Gasteiger partial charge >= 0.3 is 0 Å². The van der Waals surface area contributed by atoms with Crippen molar-refractivity contribution in [2.45, 2.75) is 224 Å². The van der Waals surface area contributed by atoms with E-state index in [9.17, 15) is 30.3 Å². The summed E-state index contributed by atoms with van der Waals surface area (Å²) < 4.78 is 11.2. The lowest BCUT2D eigenvalue weighted by Gasteiger charge is -2.40. The van der Waals surface area contributed by atoms with Gasteiger partial charge in [0.2, 0.25) is 5.91 Å². The molecule has 6 N–H and O–H groups in total. The van der Waals surface area contributed by atoms with E-state index in [1.165, 1.54) is 122 Å². The van der Waals surface area contributed by atoms with Crippen LogP contribution in [-0.4, -0.2) is 87.5 Å². The summed E-state index contributed by atoms with van der Waals surface area (Å²) in [5.74, 6) is -0.177. The minimum atomic E-state index is -1.56. The number of unbranched alkanes of at least 4 members (excludes halogenated alkanes) is 23. The minimum absolute atomic E-state index is 0.177. The number of hydrogen-bond acceptors (Lipinski definition) is 8. The van der Waals surface area contributed by atoms with Gasteiger partial charge in [0.05, 0.1) is 25.4 Å². The van der Waals surface area contributed by atoms with Crippen molar-refractivity contribution >= 4 is 5.91 Å². The SMILES string of the molecule is CCCCCCCCCCC/C=C/[C@@H](O)[C@H](CO[C@H]1O[C@@H](CO)[C@H](O)C(O)C1O)NC(=O)CCCCCCCCCCCCCCCCC. The van der Waals surface area contributed by atoms with E-state index in [1.54, 1.807) is 6.08 Å². The van der Waals surface area contributed by atoms with Gasteiger partial charge in [-0.3, -0.25) is 4.79 Å². The van der Waals surface area contributed by atoms with Crippen molar-refractivity contribution in [1.29, 1.82) is 0 Å². The Kier molecular flexibility index (Phi) is 29.7. The Morgan fingerprint density at radius 3 is 1.59 bits per heavy atom. The molecule has 49 heavy (non-hydrogen) atoms. The van der Waals surface area contributed by atoms with Crippen molar-refractivity contribution in [2.75, 3.05) is 13.2 Å². The zero-order chi connectivity index (χ0) is 36.0. The van der Waals surface area contributed by atoms with E-state index in [2.05, 4.69) is 19.2 Å². The number of aliphatic hydroxyl groups excluding tert-OH is 5. The Bertz CT molecular complexity index is 781. The lowest BCUT2D eigenvalue weighted by Crippen LogP contribution is -2.60. The molecule has 0 aromatic carbocycles. The highest BCUT2D eigenvalue weighted by Gasteiger charge is 2.44. The summed E-state index contributed by atoms with van der Waals surface area (Å²) >= 11 is 0. The van der Waals surface area contributed by atoms with Crippen LogP contribution in [0.5, 0.6) is 0 Å². The van der Waals surface area contributed by atoms with E-state index < -0.39 is 49.5 Å². The van der Waals surface area contributed by atoms with Crippen molar-refractivity contribution in [1.82, 2.24) is 5.32 Å². The van der Waals surface area contributed by atoms with Crippen LogP contribution in [-0.2, 0) is 14.3 Å². The normalized spacial score (nSPS) is 22.5. The van der Waals surface area contributed by atoms with E-state index in [-0.39, 0.29) is 12.5 Å². The second-order valence-electron chi connectivity index (χ2n) is 14.4. The topological polar surface area (TPSA) is 149 Å². The molecule has 0 radical (unpaired) electrons. The lowest BCUT2D eigenvalue weighted by molar-refractivity contribution is -0.302. The van der Waals surface area contributed by atoms with Crippen molar-refractivity contribution < 1.29 is 39.8 Å². The van der Waals surface area contributed by atoms with Crippen LogP contribution in [0.3, 0.4) is 0 Å². The maximum Gasteiger partial charge on any atom is 0.220 e. The molecule has 2 unspecified atom stereocenters. The molecular weight excluding hydrogens is 622 g/mol. The molecule has 1 aliphatic heterocycles. The highest BCUT2D eigenvalue weighted by molar-refractivity contribution is 5.76. The van der Waals surface area contributed by atoms with Gasteiger partial charge in [0.25, 0.3) is 0 Å². The molecule has 0 spiro atoms. The standard InChI is InChI=1S/C40H77NO8/c1-3-5-7-9-11-13-15-16-17-18-20-22-24-26-28-30-36(44)41-33(32-48-40-39(47)38(46)37(45)35(31-42)49-40)34(43)29-27-25-23-21-19-14-12-10-8-6-4-2/h27,29,33-35,37-40,42-43,45-47H,3-26,28,30-32H2,1-2H3,(H,41,44)/b29-27+/t33-,34+,35-,37-,38?,39?,40-/m0/s1. The Morgan fingerprint density at radius 1 is 0.673 bits per heavy atom. The van der Waals surface area contributed by atoms with Crippen molar-refractivity contribution in [2.24, 2.45) is 0 Å². The fourth-order valence-electron chi connectivity index (χ4n) is 6.51. The highest BCUT2D eigenvalue weighted by Crippen LogP contribution is 2.22. The predicted molar refractivity (Wildman–Crippen MR) is 198 cm³/mol. The first-order valence-electron chi connectivity index (χ1n) is 20.4. The van der Waals surface area contributed by atoms with Gasteiger partial charge in [-0.15, -0.1) is 0 Å². The lowest BCUT2D eigenvalue weighted by atomic mass is 9.99. The summed E-state index contributed by atoms with van der Waals surface area (Å²) in [4.78, 5) is 12.9. The number of carbonyl (C=O) groups is 1. The first kappa shape index (κ1) is 46.0. The van der Waals surface area contributed by atoms with Gasteiger partial charge in [-0.05, 0) is 19.3 Å². The smallest absolute Gasteiger partial charge is 0.220 e. The Balaban J connectivity index is 2.40. The van der Waals surface area contributed by atoms with Crippen LogP contribution in [0.4, 0.5) is 0 Å². The third-order valence-corrected chi connectivity index (χ3v) is 9.86. The average molecular weight is 700 g/mol. The van der Waals surface area contributed by atoms with Gasteiger partial charge in [0, 0.05) is 6.42 Å².